The first-order valence-corrected chi connectivity index (χ1v) is 8.99. The van der Waals surface area contributed by atoms with Gasteiger partial charge in [-0.25, -0.2) is 4.98 Å². The number of rotatable bonds is 4. The summed E-state index contributed by atoms with van der Waals surface area (Å²) in [6, 6.07) is 15.4. The van der Waals surface area contributed by atoms with Gasteiger partial charge in [0.25, 0.3) is 0 Å². The van der Waals surface area contributed by atoms with Crippen LogP contribution in [0.2, 0.25) is 0 Å². The summed E-state index contributed by atoms with van der Waals surface area (Å²) in [5, 5.41) is 3.66. The van der Waals surface area contributed by atoms with Crippen molar-refractivity contribution in [2.24, 2.45) is 0 Å². The number of halogens is 2. The molecule has 1 aromatic carbocycles. The summed E-state index contributed by atoms with van der Waals surface area (Å²) in [7, 11) is 0. The predicted octanol–water partition coefficient (Wildman–Crippen LogP) is 2.97. The number of ether oxygens (including phenoxy) is 1. The molecule has 27 heavy (non-hydrogen) atoms. The van der Waals surface area contributed by atoms with Crippen LogP contribution in [0.5, 0.6) is 0 Å². The molecule has 0 aliphatic carbocycles. The second-order valence-electron chi connectivity index (χ2n) is 6.67. The highest BCUT2D eigenvalue weighted by atomic mass is 35.5. The van der Waals surface area contributed by atoms with E-state index in [-0.39, 0.29) is 36.4 Å². The summed E-state index contributed by atoms with van der Waals surface area (Å²) >= 11 is 0. The monoisotopic (exact) mass is 413 g/mol. The maximum absolute atomic E-state index is 6.05. The number of piperazine rings is 1. The molecule has 5 nitrogen and oxygen atoms in total. The van der Waals surface area contributed by atoms with Crippen molar-refractivity contribution in [2.75, 3.05) is 31.1 Å². The molecule has 2 aliphatic rings. The van der Waals surface area contributed by atoms with Gasteiger partial charge in [0.15, 0.2) is 0 Å². The maximum Gasteiger partial charge on any atom is 0.128 e. The normalized spacial score (nSPS) is 21.1. The van der Waals surface area contributed by atoms with Gasteiger partial charge in [-0.3, -0.25) is 0 Å². The second kappa shape index (κ2) is 11.5. The Morgan fingerprint density at radius 1 is 1.07 bits per heavy atom. The molecular formula is C20H29Cl2N3O2. The Balaban J connectivity index is 0.00000121. The summed E-state index contributed by atoms with van der Waals surface area (Å²) in [6.07, 6.45) is 5.37. The standard InChI is InChI=1S/C20H25N3O.2ClH.H2O/c1-2-6-18-16(5-1)10-14-24-19(18)9-8-17-15-23(13-12-21-17)20-7-3-4-11-22-20;;;/h1-7,11,17,19,21H,8-10,12-15H2;2*1H;1H2. The summed E-state index contributed by atoms with van der Waals surface area (Å²) < 4.78 is 6.05. The Morgan fingerprint density at radius 3 is 2.70 bits per heavy atom. The second-order valence-corrected chi connectivity index (χ2v) is 6.67. The van der Waals surface area contributed by atoms with Crippen LogP contribution in [0.4, 0.5) is 5.82 Å². The molecule has 1 saturated heterocycles. The third-order valence-corrected chi connectivity index (χ3v) is 5.10. The molecule has 2 aliphatic heterocycles. The van der Waals surface area contributed by atoms with Crippen LogP contribution in [-0.4, -0.2) is 42.7 Å². The zero-order chi connectivity index (χ0) is 16.2. The quantitative estimate of drug-likeness (QED) is 0.835. The lowest BCUT2D eigenvalue weighted by Gasteiger charge is -2.35. The first kappa shape index (κ1) is 23.7. The minimum Gasteiger partial charge on any atom is -0.412 e. The SMILES string of the molecule is Cl.Cl.O.c1ccc(N2CCNC(CCC3OCCc4ccccc43)C2)nc1. The largest absolute Gasteiger partial charge is 0.412 e. The molecule has 150 valence electrons. The Morgan fingerprint density at radius 2 is 1.89 bits per heavy atom. The van der Waals surface area contributed by atoms with Gasteiger partial charge in [-0.2, -0.15) is 0 Å². The van der Waals surface area contributed by atoms with Gasteiger partial charge in [0.2, 0.25) is 0 Å². The molecule has 2 unspecified atom stereocenters. The Kier molecular flexibility index (Phi) is 10.1. The number of pyridine rings is 1. The summed E-state index contributed by atoms with van der Waals surface area (Å²) in [4.78, 5) is 6.88. The van der Waals surface area contributed by atoms with Crippen LogP contribution in [0, 0.1) is 0 Å². The molecule has 2 aromatic rings. The van der Waals surface area contributed by atoms with E-state index in [2.05, 4.69) is 51.6 Å². The van der Waals surface area contributed by atoms with Gasteiger partial charge in [0.05, 0.1) is 12.7 Å². The fourth-order valence-corrected chi connectivity index (χ4v) is 3.84. The molecule has 0 bridgehead atoms. The molecular weight excluding hydrogens is 385 g/mol. The molecule has 0 saturated carbocycles. The van der Waals surface area contributed by atoms with Crippen LogP contribution in [0.15, 0.2) is 48.7 Å². The van der Waals surface area contributed by atoms with Crippen LogP contribution in [-0.2, 0) is 11.2 Å². The smallest absolute Gasteiger partial charge is 0.128 e. The number of fused-ring (bicyclic) bond motifs is 1. The highest BCUT2D eigenvalue weighted by Crippen LogP contribution is 2.31. The molecule has 0 radical (unpaired) electrons. The van der Waals surface area contributed by atoms with Crippen molar-refractivity contribution in [3.63, 3.8) is 0 Å². The Labute approximate surface area is 173 Å². The number of aromatic nitrogens is 1. The number of hydrogen-bond acceptors (Lipinski definition) is 4. The number of hydrogen-bond donors (Lipinski definition) is 1. The first-order chi connectivity index (χ1) is 11.9. The maximum atomic E-state index is 6.05. The minimum atomic E-state index is 0. The van der Waals surface area contributed by atoms with Crippen molar-refractivity contribution >= 4 is 30.6 Å². The van der Waals surface area contributed by atoms with E-state index in [4.69, 9.17) is 4.74 Å². The third kappa shape index (κ3) is 5.80. The van der Waals surface area contributed by atoms with Gasteiger partial charge in [0, 0.05) is 31.9 Å². The van der Waals surface area contributed by atoms with Crippen LogP contribution < -0.4 is 10.2 Å². The topological polar surface area (TPSA) is 68.9 Å². The van der Waals surface area contributed by atoms with E-state index in [9.17, 15) is 0 Å². The molecule has 0 spiro atoms. The number of benzene rings is 1. The summed E-state index contributed by atoms with van der Waals surface area (Å²) in [6.45, 7) is 3.91. The lowest BCUT2D eigenvalue weighted by molar-refractivity contribution is 0.0333. The molecule has 4 rings (SSSR count). The van der Waals surface area contributed by atoms with Crippen molar-refractivity contribution in [1.29, 1.82) is 0 Å². The third-order valence-electron chi connectivity index (χ3n) is 5.10. The van der Waals surface area contributed by atoms with Gasteiger partial charge in [-0.15, -0.1) is 24.8 Å². The van der Waals surface area contributed by atoms with E-state index in [0.717, 1.165) is 51.3 Å². The minimum absolute atomic E-state index is 0. The summed E-state index contributed by atoms with van der Waals surface area (Å²) in [5.74, 6) is 1.09. The van der Waals surface area contributed by atoms with Gasteiger partial charge < -0.3 is 20.4 Å². The van der Waals surface area contributed by atoms with Gasteiger partial charge >= 0.3 is 0 Å². The van der Waals surface area contributed by atoms with Gasteiger partial charge in [-0.1, -0.05) is 30.3 Å². The van der Waals surface area contributed by atoms with Crippen LogP contribution >= 0.6 is 24.8 Å². The Hall–Kier alpha value is -1.37. The van der Waals surface area contributed by atoms with Crippen LogP contribution in [0.25, 0.3) is 0 Å². The number of nitrogens with zero attached hydrogens (tertiary/aromatic N) is 2. The van der Waals surface area contributed by atoms with E-state index in [1.807, 2.05) is 12.3 Å². The lowest BCUT2D eigenvalue weighted by Crippen LogP contribution is -2.51. The lowest BCUT2D eigenvalue weighted by atomic mass is 9.93. The highest BCUT2D eigenvalue weighted by molar-refractivity contribution is 5.85. The van der Waals surface area contributed by atoms with E-state index in [1.54, 1.807) is 0 Å². The first-order valence-electron chi connectivity index (χ1n) is 8.99. The molecule has 3 N–H and O–H groups in total. The predicted molar refractivity (Wildman–Crippen MR) is 114 cm³/mol. The van der Waals surface area contributed by atoms with Crippen LogP contribution in [0.3, 0.4) is 0 Å². The summed E-state index contributed by atoms with van der Waals surface area (Å²) in [5.41, 5.74) is 2.85. The van der Waals surface area contributed by atoms with E-state index >= 15 is 0 Å². The fourth-order valence-electron chi connectivity index (χ4n) is 3.84. The highest BCUT2D eigenvalue weighted by Gasteiger charge is 2.24. The molecule has 3 heterocycles. The molecule has 1 fully saturated rings. The number of nitrogens with one attached hydrogen (secondary N) is 1. The fraction of sp³-hybridized carbons (Fsp3) is 0.450. The average Bonchev–Trinajstić information content (AvgIpc) is 2.67. The number of anilines is 1. The van der Waals surface area contributed by atoms with Gasteiger partial charge in [0.1, 0.15) is 5.82 Å². The zero-order valence-corrected chi connectivity index (χ0v) is 17.0. The van der Waals surface area contributed by atoms with Crippen molar-refractivity contribution in [1.82, 2.24) is 10.3 Å². The zero-order valence-electron chi connectivity index (χ0n) is 15.3. The molecule has 7 heteroatoms. The Bertz CT molecular complexity index is 675. The molecule has 0 amide bonds. The van der Waals surface area contributed by atoms with Gasteiger partial charge in [-0.05, 0) is 42.5 Å². The van der Waals surface area contributed by atoms with Crippen molar-refractivity contribution in [3.05, 3.63) is 59.8 Å². The molecule has 2 atom stereocenters. The van der Waals surface area contributed by atoms with Crippen molar-refractivity contribution in [3.8, 4) is 0 Å². The van der Waals surface area contributed by atoms with Crippen LogP contribution in [0.1, 0.15) is 30.1 Å². The van der Waals surface area contributed by atoms with E-state index in [0.29, 0.717) is 6.04 Å². The van der Waals surface area contributed by atoms with E-state index < -0.39 is 0 Å². The van der Waals surface area contributed by atoms with Crippen molar-refractivity contribution in [2.45, 2.75) is 31.4 Å². The average molecular weight is 414 g/mol. The van der Waals surface area contributed by atoms with E-state index in [1.165, 1.54) is 11.1 Å². The molecule has 1 aromatic heterocycles. The van der Waals surface area contributed by atoms with Crippen molar-refractivity contribution < 1.29 is 10.2 Å².